The molecule has 8 amide bonds. The van der Waals surface area contributed by atoms with Crippen LogP contribution in [0.25, 0.3) is 0 Å². The second-order valence-corrected chi connectivity index (χ2v) is 16.7. The molecule has 0 aromatic heterocycles. The van der Waals surface area contributed by atoms with Crippen LogP contribution in [-0.4, -0.2) is 117 Å². The highest BCUT2D eigenvalue weighted by Gasteiger charge is 2.40. The van der Waals surface area contributed by atoms with Crippen molar-refractivity contribution < 1.29 is 53.4 Å². The molecule has 1 aliphatic rings. The first-order chi connectivity index (χ1) is 28.5. The van der Waals surface area contributed by atoms with Gasteiger partial charge in [-0.3, -0.25) is 38.4 Å². The average Bonchev–Trinajstić information content (AvgIpc) is 3.66. The smallest absolute Gasteiger partial charge is 0.326 e. The quantitative estimate of drug-likeness (QED) is 0.0569. The highest BCUT2D eigenvalue weighted by molar-refractivity contribution is 5.97. The maximum atomic E-state index is 14.2. The molecular formula is C41H65N9O11. The number of phenolic OH excluding ortho intramolecular Hbond substituents is 1. The van der Waals surface area contributed by atoms with Gasteiger partial charge in [-0.1, -0.05) is 53.7 Å². The van der Waals surface area contributed by atoms with Crippen LogP contribution in [0.1, 0.15) is 98.5 Å². The summed E-state index contributed by atoms with van der Waals surface area (Å²) in [6, 6.07) is -2.95. The Hall–Kier alpha value is -5.79. The maximum Gasteiger partial charge on any atom is 0.326 e. The number of hydrogen-bond acceptors (Lipinski definition) is 11. The summed E-state index contributed by atoms with van der Waals surface area (Å²) in [6.07, 6.45) is -0.494. The van der Waals surface area contributed by atoms with Crippen LogP contribution >= 0.6 is 0 Å². The first-order valence-corrected chi connectivity index (χ1v) is 20.7. The van der Waals surface area contributed by atoms with Crippen molar-refractivity contribution in [2.45, 2.75) is 142 Å². The van der Waals surface area contributed by atoms with Crippen LogP contribution < -0.4 is 43.8 Å². The molecule has 1 saturated heterocycles. The Labute approximate surface area is 356 Å². The number of nitrogens with two attached hydrogens (primary N) is 3. The second kappa shape index (κ2) is 24.5. The van der Waals surface area contributed by atoms with Gasteiger partial charge in [0.15, 0.2) is 0 Å². The van der Waals surface area contributed by atoms with E-state index in [1.807, 2.05) is 27.7 Å². The number of rotatable bonds is 25. The number of carbonyl (C=O) groups excluding carboxylic acids is 8. The molecule has 1 aromatic rings. The minimum Gasteiger partial charge on any atom is -0.508 e. The number of carbonyl (C=O) groups is 9. The van der Waals surface area contributed by atoms with E-state index in [2.05, 4.69) is 26.6 Å². The van der Waals surface area contributed by atoms with Gasteiger partial charge in [0, 0.05) is 25.8 Å². The molecule has 13 N–H and O–H groups in total. The summed E-state index contributed by atoms with van der Waals surface area (Å²) >= 11 is 0. The molecule has 0 unspecified atom stereocenters. The molecule has 2 rings (SSSR count). The SMILES string of the molecule is CC(C)C[C@H](NC(=O)[C@@H](N)CC(C)C)C(=O)N[C@@H](Cc1ccc(O)cc1)C(=O)N[C@@H](CCC(N)=O)C(=O)N[C@@H](CCC(N)=O)C(=O)N1CCC[C@H]1C(=O)N[C@H](C(=O)O)C(C)C. The molecule has 61 heavy (non-hydrogen) atoms. The summed E-state index contributed by atoms with van der Waals surface area (Å²) in [5.74, 6) is -8.04. The lowest BCUT2D eigenvalue weighted by Gasteiger charge is -2.31. The van der Waals surface area contributed by atoms with Crippen LogP contribution in [0.15, 0.2) is 24.3 Å². The lowest BCUT2D eigenvalue weighted by molar-refractivity contribution is -0.146. The normalized spacial score (nSPS) is 16.8. The van der Waals surface area contributed by atoms with Gasteiger partial charge in [-0.05, 0) is 74.0 Å². The Balaban J connectivity index is 2.45. The van der Waals surface area contributed by atoms with Gasteiger partial charge in [-0.2, -0.15) is 0 Å². The van der Waals surface area contributed by atoms with Crippen molar-refractivity contribution in [2.75, 3.05) is 6.54 Å². The van der Waals surface area contributed by atoms with Gasteiger partial charge in [-0.25, -0.2) is 4.79 Å². The largest absolute Gasteiger partial charge is 0.508 e. The third-order valence-corrected chi connectivity index (χ3v) is 10.1. The van der Waals surface area contributed by atoms with E-state index < -0.39 is 108 Å². The van der Waals surface area contributed by atoms with E-state index in [0.717, 1.165) is 0 Å². The predicted molar refractivity (Wildman–Crippen MR) is 222 cm³/mol. The summed E-state index contributed by atoms with van der Waals surface area (Å²) in [6.45, 7) is 10.8. The third kappa shape index (κ3) is 17.4. The van der Waals surface area contributed by atoms with E-state index in [1.165, 1.54) is 29.2 Å². The van der Waals surface area contributed by atoms with E-state index in [4.69, 9.17) is 17.2 Å². The molecule has 7 atom stereocenters. The van der Waals surface area contributed by atoms with Crippen molar-refractivity contribution in [3.05, 3.63) is 29.8 Å². The van der Waals surface area contributed by atoms with E-state index >= 15 is 0 Å². The molecule has 0 spiro atoms. The molecule has 1 heterocycles. The first-order valence-electron chi connectivity index (χ1n) is 20.7. The van der Waals surface area contributed by atoms with Gasteiger partial charge >= 0.3 is 5.97 Å². The molecule has 0 aliphatic carbocycles. The van der Waals surface area contributed by atoms with Gasteiger partial charge in [0.2, 0.25) is 47.3 Å². The standard InChI is InChI=1S/C41H65N9O11/c1-21(2)18-26(42)35(54)47-29(19-22(3)4)37(56)48-30(20-24-9-11-25(51)12-10-24)38(57)45-27(13-15-32(43)52)36(55)46-28(14-16-33(44)53)40(59)50-17-7-8-31(50)39(58)49-34(23(5)6)41(60)61/h9-12,21-23,26-31,34,51H,7-8,13-20,42H2,1-6H3,(H2,43,52)(H2,44,53)(H,45,57)(H,46,55)(H,47,54)(H,48,56)(H,49,58)(H,60,61)/t26-,27-,28-,29-,30-,31-,34-/m0/s1. The number of amides is 8. The summed E-state index contributed by atoms with van der Waals surface area (Å²) < 4.78 is 0. The number of carboxylic acids is 1. The van der Waals surface area contributed by atoms with Gasteiger partial charge in [0.1, 0.15) is 42.0 Å². The minimum absolute atomic E-state index is 0.0595. The molecule has 0 radical (unpaired) electrons. The zero-order valence-corrected chi connectivity index (χ0v) is 35.9. The highest BCUT2D eigenvalue weighted by Crippen LogP contribution is 2.21. The fourth-order valence-corrected chi connectivity index (χ4v) is 6.86. The van der Waals surface area contributed by atoms with Crippen LogP contribution in [0, 0.1) is 17.8 Å². The van der Waals surface area contributed by atoms with Crippen LogP contribution in [-0.2, 0) is 49.6 Å². The van der Waals surface area contributed by atoms with Crippen LogP contribution in [0.2, 0.25) is 0 Å². The Morgan fingerprint density at radius 3 is 1.70 bits per heavy atom. The molecule has 0 saturated carbocycles. The van der Waals surface area contributed by atoms with E-state index in [9.17, 15) is 53.4 Å². The number of phenols is 1. The number of hydrogen-bond donors (Lipinski definition) is 10. The lowest BCUT2D eigenvalue weighted by Crippen LogP contribution is -2.60. The fraction of sp³-hybridized carbons (Fsp3) is 0.634. The summed E-state index contributed by atoms with van der Waals surface area (Å²) in [4.78, 5) is 119. The minimum atomic E-state index is -1.54. The molecule has 1 aliphatic heterocycles. The topological polar surface area (TPSA) is 336 Å². The average molecular weight is 860 g/mol. The predicted octanol–water partition coefficient (Wildman–Crippen LogP) is -0.959. The van der Waals surface area contributed by atoms with Crippen molar-refractivity contribution in [2.24, 2.45) is 35.0 Å². The van der Waals surface area contributed by atoms with Crippen molar-refractivity contribution in [1.82, 2.24) is 31.5 Å². The number of primary amides is 2. The van der Waals surface area contributed by atoms with Gasteiger partial charge in [-0.15, -0.1) is 0 Å². The Kier molecular flexibility index (Phi) is 20.6. The molecule has 340 valence electrons. The highest BCUT2D eigenvalue weighted by atomic mass is 16.4. The number of likely N-dealkylation sites (tertiary alicyclic amines) is 1. The summed E-state index contributed by atoms with van der Waals surface area (Å²) in [7, 11) is 0. The van der Waals surface area contributed by atoms with Crippen molar-refractivity contribution in [1.29, 1.82) is 0 Å². The van der Waals surface area contributed by atoms with Gasteiger partial charge in [0.05, 0.1) is 6.04 Å². The number of benzene rings is 1. The Bertz CT molecular complexity index is 1720. The molecule has 20 nitrogen and oxygen atoms in total. The number of nitrogens with zero attached hydrogens (tertiary/aromatic N) is 1. The van der Waals surface area contributed by atoms with Gasteiger partial charge in [0.25, 0.3) is 0 Å². The molecule has 1 aromatic carbocycles. The number of aliphatic carboxylic acids is 1. The van der Waals surface area contributed by atoms with Gasteiger partial charge < -0.3 is 58.9 Å². The van der Waals surface area contributed by atoms with Crippen LogP contribution in [0.3, 0.4) is 0 Å². The van der Waals surface area contributed by atoms with Crippen LogP contribution in [0.5, 0.6) is 5.75 Å². The maximum absolute atomic E-state index is 14.2. The molecule has 20 heteroatoms. The number of carboxylic acid groups (broad SMARTS) is 1. The van der Waals surface area contributed by atoms with Crippen molar-refractivity contribution >= 4 is 53.2 Å². The zero-order chi connectivity index (χ0) is 46.1. The molecule has 0 bridgehead atoms. The molecular weight excluding hydrogens is 795 g/mol. The number of nitrogens with one attached hydrogen (secondary N) is 5. The summed E-state index contributed by atoms with van der Waals surface area (Å²) in [5, 5.41) is 32.4. The Morgan fingerprint density at radius 1 is 0.689 bits per heavy atom. The first kappa shape index (κ1) is 51.4. The van der Waals surface area contributed by atoms with E-state index in [0.29, 0.717) is 18.4 Å². The monoisotopic (exact) mass is 859 g/mol. The lowest BCUT2D eigenvalue weighted by atomic mass is 9.99. The number of aromatic hydroxyl groups is 1. The Morgan fingerprint density at radius 2 is 1.18 bits per heavy atom. The summed E-state index contributed by atoms with van der Waals surface area (Å²) in [5.41, 5.74) is 17.4. The van der Waals surface area contributed by atoms with E-state index in [-0.39, 0.29) is 62.7 Å². The third-order valence-electron chi connectivity index (χ3n) is 10.1. The molecule has 1 fully saturated rings. The van der Waals surface area contributed by atoms with Crippen LogP contribution in [0.4, 0.5) is 0 Å². The second-order valence-electron chi connectivity index (χ2n) is 16.7. The van der Waals surface area contributed by atoms with Crippen molar-refractivity contribution in [3.63, 3.8) is 0 Å². The fourth-order valence-electron chi connectivity index (χ4n) is 6.86. The zero-order valence-electron chi connectivity index (χ0n) is 35.9. The van der Waals surface area contributed by atoms with E-state index in [1.54, 1.807) is 13.8 Å². The van der Waals surface area contributed by atoms with Crippen molar-refractivity contribution in [3.8, 4) is 5.75 Å².